The van der Waals surface area contributed by atoms with Crippen LogP contribution < -0.4 is 5.73 Å². The first-order valence-electron chi connectivity index (χ1n) is 16.5. The van der Waals surface area contributed by atoms with Crippen molar-refractivity contribution in [1.82, 2.24) is 29.4 Å². The third-order valence-electron chi connectivity index (χ3n) is 9.35. The molecule has 1 amide bonds. The van der Waals surface area contributed by atoms with Crippen LogP contribution in [0.1, 0.15) is 82.4 Å². The standard InChI is InChI=1S/C35H35F7N8O3/c1-32(2,3)18-34(23-8-4-20(5-9-23)22-15-45-48(16-22)30(38)39)29(52)49(31(43)47-34)25(17-53-26(51)14-33(12-13-33)35(40,41)42)21-6-10-24(11-7-21)50-28(27(36)37)44-19-46-50/h4-11,15-16,19,25,27,30H,12-14,17-18H2,1-3H3,(H2,43,47)/t25-,34-/m1/s1. The molecule has 0 unspecified atom stereocenters. The van der Waals surface area contributed by atoms with E-state index in [1.54, 1.807) is 24.3 Å². The number of carbonyl (C=O) groups is 2. The van der Waals surface area contributed by atoms with Crippen LogP contribution in [0.5, 0.6) is 0 Å². The van der Waals surface area contributed by atoms with Crippen LogP contribution >= 0.6 is 0 Å². The molecule has 11 nitrogen and oxygen atoms in total. The molecule has 4 aromatic rings. The minimum absolute atomic E-state index is 0.126. The number of rotatable bonds is 12. The minimum Gasteiger partial charge on any atom is -0.463 e. The molecule has 2 N–H and O–H groups in total. The molecule has 2 aliphatic rings. The fraction of sp³-hybridized carbons (Fsp3) is 0.429. The Bertz CT molecular complexity index is 2000. The maximum atomic E-state index is 14.8. The van der Waals surface area contributed by atoms with Crippen molar-refractivity contribution in [3.63, 3.8) is 0 Å². The summed E-state index contributed by atoms with van der Waals surface area (Å²) in [4.78, 5) is 37.1. The van der Waals surface area contributed by atoms with E-state index in [1.807, 2.05) is 20.8 Å². The number of benzene rings is 2. The third kappa shape index (κ3) is 7.35. The van der Waals surface area contributed by atoms with Crippen molar-refractivity contribution in [3.8, 4) is 16.8 Å². The zero-order valence-corrected chi connectivity index (χ0v) is 28.7. The molecular formula is C35H35F7N8O3. The van der Waals surface area contributed by atoms with E-state index in [0.29, 0.717) is 26.9 Å². The third-order valence-corrected chi connectivity index (χ3v) is 9.35. The number of carbonyl (C=O) groups excluding carboxylic acids is 2. The highest BCUT2D eigenvalue weighted by Crippen LogP contribution is 2.60. The van der Waals surface area contributed by atoms with Gasteiger partial charge in [-0.3, -0.25) is 14.5 Å². The molecule has 3 heterocycles. The first-order chi connectivity index (χ1) is 24.8. The van der Waals surface area contributed by atoms with Gasteiger partial charge in [0.05, 0.1) is 29.8 Å². The van der Waals surface area contributed by atoms with E-state index in [4.69, 9.17) is 15.5 Å². The van der Waals surface area contributed by atoms with Crippen molar-refractivity contribution < 1.29 is 45.1 Å². The topological polar surface area (TPSA) is 134 Å². The van der Waals surface area contributed by atoms with Gasteiger partial charge in [0.1, 0.15) is 12.9 Å². The number of aromatic nitrogens is 5. The highest BCUT2D eigenvalue weighted by Gasteiger charge is 2.64. The summed E-state index contributed by atoms with van der Waals surface area (Å²) in [6.07, 6.45) is -5.33. The molecule has 0 spiro atoms. The average molecular weight is 749 g/mol. The molecule has 6 rings (SSSR count). The van der Waals surface area contributed by atoms with Gasteiger partial charge < -0.3 is 10.5 Å². The van der Waals surface area contributed by atoms with Crippen molar-refractivity contribution in [2.45, 2.75) is 77.2 Å². The quantitative estimate of drug-likeness (QED) is 0.119. The predicted octanol–water partition coefficient (Wildman–Crippen LogP) is 7.27. The maximum absolute atomic E-state index is 14.8. The normalized spacial score (nSPS) is 19.2. The molecule has 0 bridgehead atoms. The number of esters is 1. The van der Waals surface area contributed by atoms with Gasteiger partial charge in [-0.05, 0) is 53.5 Å². The summed E-state index contributed by atoms with van der Waals surface area (Å²) in [5.74, 6) is -2.64. The smallest absolute Gasteiger partial charge is 0.395 e. The molecule has 0 radical (unpaired) electrons. The van der Waals surface area contributed by atoms with E-state index in [1.165, 1.54) is 36.7 Å². The van der Waals surface area contributed by atoms with Crippen molar-refractivity contribution >= 4 is 17.8 Å². The zero-order valence-electron chi connectivity index (χ0n) is 28.7. The summed E-state index contributed by atoms with van der Waals surface area (Å²) in [6, 6.07) is 11.0. The molecule has 2 aromatic heterocycles. The van der Waals surface area contributed by atoms with E-state index < -0.39 is 72.3 Å². The van der Waals surface area contributed by atoms with Crippen LogP contribution in [0.15, 0.2) is 72.2 Å². The maximum Gasteiger partial charge on any atom is 0.395 e. The summed E-state index contributed by atoms with van der Waals surface area (Å²) in [5, 5.41) is 7.51. The lowest BCUT2D eigenvalue weighted by molar-refractivity contribution is -0.195. The average Bonchev–Trinajstić information content (AvgIpc) is 3.40. The molecule has 1 aliphatic carbocycles. The van der Waals surface area contributed by atoms with E-state index in [9.17, 15) is 40.3 Å². The van der Waals surface area contributed by atoms with Crippen LogP contribution in [-0.2, 0) is 19.9 Å². The first-order valence-corrected chi connectivity index (χ1v) is 16.5. The fourth-order valence-corrected chi connectivity index (χ4v) is 6.57. The van der Waals surface area contributed by atoms with E-state index in [0.717, 1.165) is 15.9 Å². The van der Waals surface area contributed by atoms with Gasteiger partial charge in [-0.25, -0.2) is 28.1 Å². The lowest BCUT2D eigenvalue weighted by atomic mass is 9.75. The summed E-state index contributed by atoms with van der Waals surface area (Å²) in [7, 11) is 0. The van der Waals surface area contributed by atoms with Gasteiger partial charge in [0.2, 0.25) is 0 Å². The molecule has 1 fully saturated rings. The number of aliphatic imine (C=N–C) groups is 1. The second-order valence-electron chi connectivity index (χ2n) is 14.4. The van der Waals surface area contributed by atoms with Gasteiger partial charge in [0.25, 0.3) is 12.3 Å². The number of hydrogen-bond acceptors (Lipinski definition) is 8. The number of nitrogens with zero attached hydrogens (tertiary/aromatic N) is 7. The van der Waals surface area contributed by atoms with E-state index in [2.05, 4.69) is 15.2 Å². The summed E-state index contributed by atoms with van der Waals surface area (Å²) < 4.78 is 101. The van der Waals surface area contributed by atoms with Crippen molar-refractivity contribution in [3.05, 3.63) is 84.2 Å². The molecular weight excluding hydrogens is 713 g/mol. The molecule has 53 heavy (non-hydrogen) atoms. The van der Waals surface area contributed by atoms with E-state index in [-0.39, 0.29) is 30.9 Å². The molecule has 18 heteroatoms. The number of ether oxygens (including phenoxy) is 1. The zero-order chi connectivity index (χ0) is 38.5. The Morgan fingerprint density at radius 3 is 2.17 bits per heavy atom. The largest absolute Gasteiger partial charge is 0.463 e. The summed E-state index contributed by atoms with van der Waals surface area (Å²) in [5.41, 5.74) is 4.00. The van der Waals surface area contributed by atoms with Gasteiger partial charge in [-0.2, -0.15) is 32.1 Å². The lowest BCUT2D eigenvalue weighted by Crippen LogP contribution is -2.47. The van der Waals surface area contributed by atoms with Gasteiger partial charge in [-0.15, -0.1) is 0 Å². The Hall–Kier alpha value is -5.29. The number of alkyl halides is 7. The van der Waals surface area contributed by atoms with Crippen molar-refractivity contribution in [1.29, 1.82) is 0 Å². The first kappa shape index (κ1) is 37.5. The minimum atomic E-state index is -4.60. The lowest BCUT2D eigenvalue weighted by Gasteiger charge is -2.35. The SMILES string of the molecule is CC(C)(C)C[C@]1(c2ccc(-c3cnn(C(F)F)c3)cc2)N=C(N)N([C@H](COC(=O)CC2(C(F)(F)F)CC2)c2ccc(-n3ncnc3C(F)F)cc2)C1=O. The van der Waals surface area contributed by atoms with Crippen LogP contribution in [0.4, 0.5) is 30.7 Å². The Kier molecular flexibility index (Phi) is 9.61. The summed E-state index contributed by atoms with van der Waals surface area (Å²) >= 11 is 0. The highest BCUT2D eigenvalue weighted by molar-refractivity contribution is 6.07. The Labute approximate surface area is 298 Å². The Balaban J connectivity index is 1.35. The molecule has 1 saturated carbocycles. The second kappa shape index (κ2) is 13.6. The second-order valence-corrected chi connectivity index (χ2v) is 14.4. The van der Waals surface area contributed by atoms with Crippen molar-refractivity contribution in [2.75, 3.05) is 6.61 Å². The predicted molar refractivity (Wildman–Crippen MR) is 175 cm³/mol. The molecule has 2 atom stereocenters. The fourth-order valence-electron chi connectivity index (χ4n) is 6.57. The van der Waals surface area contributed by atoms with Crippen LogP contribution in [0, 0.1) is 10.8 Å². The van der Waals surface area contributed by atoms with Crippen LogP contribution in [0.25, 0.3) is 16.8 Å². The molecule has 1 aliphatic heterocycles. The Morgan fingerprint density at radius 1 is 0.962 bits per heavy atom. The van der Waals surface area contributed by atoms with Crippen LogP contribution in [-0.4, -0.2) is 60.1 Å². The monoisotopic (exact) mass is 748 g/mol. The number of amides is 1. The van der Waals surface area contributed by atoms with Gasteiger partial charge in [-0.1, -0.05) is 57.2 Å². The van der Waals surface area contributed by atoms with E-state index >= 15 is 0 Å². The number of hydrogen-bond donors (Lipinski definition) is 1. The number of nitrogens with two attached hydrogens (primary N) is 1. The highest BCUT2D eigenvalue weighted by atomic mass is 19.4. The van der Waals surface area contributed by atoms with Gasteiger partial charge in [0.15, 0.2) is 17.3 Å². The molecule has 2 aromatic carbocycles. The number of halogens is 7. The van der Waals surface area contributed by atoms with Crippen LogP contribution in [0.3, 0.4) is 0 Å². The molecule has 0 saturated heterocycles. The van der Waals surface area contributed by atoms with Gasteiger partial charge in [0, 0.05) is 11.8 Å². The van der Waals surface area contributed by atoms with Crippen molar-refractivity contribution in [2.24, 2.45) is 21.6 Å². The Morgan fingerprint density at radius 2 is 1.62 bits per heavy atom. The van der Waals surface area contributed by atoms with Crippen LogP contribution in [0.2, 0.25) is 0 Å². The number of guanidine groups is 1. The van der Waals surface area contributed by atoms with Gasteiger partial charge >= 0.3 is 18.7 Å². The summed E-state index contributed by atoms with van der Waals surface area (Å²) in [6.45, 7) is 2.20. The molecule has 282 valence electrons.